The summed E-state index contributed by atoms with van der Waals surface area (Å²) in [4.78, 5) is 4.18. The molecule has 0 atom stereocenters. The molecule has 0 radical (unpaired) electrons. The van der Waals surface area contributed by atoms with Gasteiger partial charge >= 0.3 is 0 Å². The van der Waals surface area contributed by atoms with E-state index in [1.165, 1.54) is 23.5 Å². The lowest BCUT2D eigenvalue weighted by atomic mass is 10.1. The van der Waals surface area contributed by atoms with E-state index in [1.54, 1.807) is 0 Å². The van der Waals surface area contributed by atoms with Crippen molar-refractivity contribution in [2.75, 3.05) is 0 Å². The first-order valence-electron chi connectivity index (χ1n) is 5.09. The van der Waals surface area contributed by atoms with Gasteiger partial charge in [0.05, 0.1) is 5.57 Å². The number of thiazole rings is 1. The number of halogens is 2. The van der Waals surface area contributed by atoms with Crippen molar-refractivity contribution in [1.82, 2.24) is 4.98 Å². The Hall–Kier alpha value is -2.06. The van der Waals surface area contributed by atoms with Gasteiger partial charge in [-0.3, -0.25) is 0 Å². The normalized spacial score (nSPS) is 11.3. The number of nitriles is 1. The zero-order valence-electron chi connectivity index (χ0n) is 9.45. The predicted molar refractivity (Wildman–Crippen MR) is 66.7 cm³/mol. The van der Waals surface area contributed by atoms with Crippen molar-refractivity contribution < 1.29 is 8.78 Å². The van der Waals surface area contributed by atoms with Crippen molar-refractivity contribution in [2.24, 2.45) is 0 Å². The standard InChI is InChI=1S/C13H8F2N2S/c1-8-7-18-13(17-8)10(6-16)4-9-2-3-11(14)12(15)5-9/h2-5,7H,1H3/b10-4-. The molecular formula is C13H8F2N2S. The highest BCUT2D eigenvalue weighted by Gasteiger charge is 2.07. The predicted octanol–water partition coefficient (Wildman–Crippen LogP) is 3.79. The summed E-state index contributed by atoms with van der Waals surface area (Å²) in [6.45, 7) is 1.83. The highest BCUT2D eigenvalue weighted by Crippen LogP contribution is 2.22. The number of benzene rings is 1. The minimum atomic E-state index is -0.934. The Balaban J connectivity index is 2.41. The number of nitrogens with zero attached hydrogens (tertiary/aromatic N) is 2. The molecule has 1 aromatic heterocycles. The van der Waals surface area contributed by atoms with Crippen LogP contribution in [0.5, 0.6) is 0 Å². The van der Waals surface area contributed by atoms with Crippen molar-refractivity contribution in [1.29, 1.82) is 5.26 Å². The van der Waals surface area contributed by atoms with Crippen LogP contribution in [0.4, 0.5) is 8.78 Å². The molecule has 0 fully saturated rings. The summed E-state index contributed by atoms with van der Waals surface area (Å²) in [6, 6.07) is 5.50. The molecule has 1 aromatic carbocycles. The van der Waals surface area contributed by atoms with E-state index in [2.05, 4.69) is 4.98 Å². The van der Waals surface area contributed by atoms with Gasteiger partial charge in [-0.2, -0.15) is 5.26 Å². The number of hydrogen-bond acceptors (Lipinski definition) is 3. The lowest BCUT2D eigenvalue weighted by Gasteiger charge is -1.97. The third-order valence-corrected chi connectivity index (χ3v) is 3.22. The van der Waals surface area contributed by atoms with Crippen molar-refractivity contribution in [3.05, 3.63) is 51.5 Å². The van der Waals surface area contributed by atoms with Gasteiger partial charge in [0.1, 0.15) is 11.1 Å². The zero-order chi connectivity index (χ0) is 13.1. The quantitative estimate of drug-likeness (QED) is 0.772. The van der Waals surface area contributed by atoms with Gasteiger partial charge in [0.2, 0.25) is 0 Å². The van der Waals surface area contributed by atoms with E-state index >= 15 is 0 Å². The second-order valence-corrected chi connectivity index (χ2v) is 4.50. The summed E-state index contributed by atoms with van der Waals surface area (Å²) in [6.07, 6.45) is 1.49. The summed E-state index contributed by atoms with van der Waals surface area (Å²) in [7, 11) is 0. The maximum atomic E-state index is 13.0. The number of rotatable bonds is 2. The Morgan fingerprint density at radius 2 is 2.17 bits per heavy atom. The molecule has 0 N–H and O–H groups in total. The van der Waals surface area contributed by atoms with Crippen molar-refractivity contribution in [3.63, 3.8) is 0 Å². The monoisotopic (exact) mass is 262 g/mol. The van der Waals surface area contributed by atoms with Gasteiger partial charge in [0, 0.05) is 11.1 Å². The zero-order valence-corrected chi connectivity index (χ0v) is 10.3. The molecule has 0 aliphatic heterocycles. The molecular weight excluding hydrogens is 254 g/mol. The minimum Gasteiger partial charge on any atom is -0.241 e. The van der Waals surface area contributed by atoms with Gasteiger partial charge < -0.3 is 0 Å². The third kappa shape index (κ3) is 2.60. The van der Waals surface area contributed by atoms with Gasteiger partial charge in [0.25, 0.3) is 0 Å². The fourth-order valence-corrected chi connectivity index (χ4v) is 2.15. The first-order chi connectivity index (χ1) is 8.60. The second-order valence-electron chi connectivity index (χ2n) is 3.64. The largest absolute Gasteiger partial charge is 0.241 e. The summed E-state index contributed by atoms with van der Waals surface area (Å²) in [5, 5.41) is 11.4. The van der Waals surface area contributed by atoms with Gasteiger partial charge in [-0.25, -0.2) is 13.8 Å². The molecule has 5 heteroatoms. The second kappa shape index (κ2) is 5.07. The fraction of sp³-hybridized carbons (Fsp3) is 0.0769. The van der Waals surface area contributed by atoms with E-state index in [-0.39, 0.29) is 0 Å². The molecule has 0 unspecified atom stereocenters. The van der Waals surface area contributed by atoms with E-state index in [0.717, 1.165) is 17.8 Å². The third-order valence-electron chi connectivity index (χ3n) is 2.22. The van der Waals surface area contributed by atoms with Crippen LogP contribution in [0.25, 0.3) is 11.6 Å². The van der Waals surface area contributed by atoms with E-state index in [0.29, 0.717) is 16.1 Å². The van der Waals surface area contributed by atoms with E-state index in [4.69, 9.17) is 5.26 Å². The molecule has 0 aliphatic carbocycles. The molecule has 0 bridgehead atoms. The smallest absolute Gasteiger partial charge is 0.159 e. The van der Waals surface area contributed by atoms with Crippen molar-refractivity contribution >= 4 is 23.0 Å². The summed E-state index contributed by atoms with van der Waals surface area (Å²) >= 11 is 1.34. The number of aromatic nitrogens is 1. The van der Waals surface area contributed by atoms with Crippen LogP contribution in [-0.4, -0.2) is 4.98 Å². The summed E-state index contributed by atoms with van der Waals surface area (Å²) in [5.74, 6) is -1.84. The maximum Gasteiger partial charge on any atom is 0.159 e. The molecule has 2 aromatic rings. The van der Waals surface area contributed by atoms with E-state index < -0.39 is 11.6 Å². The highest BCUT2D eigenvalue weighted by atomic mass is 32.1. The lowest BCUT2D eigenvalue weighted by Crippen LogP contribution is -1.86. The minimum absolute atomic E-state index is 0.333. The Morgan fingerprint density at radius 1 is 1.39 bits per heavy atom. The van der Waals surface area contributed by atoms with Gasteiger partial charge in [-0.1, -0.05) is 6.07 Å². The molecule has 2 rings (SSSR count). The van der Waals surface area contributed by atoms with Crippen LogP contribution < -0.4 is 0 Å². The maximum absolute atomic E-state index is 13.0. The summed E-state index contributed by atoms with van der Waals surface area (Å²) < 4.78 is 25.8. The molecule has 0 aliphatic rings. The molecule has 2 nitrogen and oxygen atoms in total. The average Bonchev–Trinajstić information content (AvgIpc) is 2.77. The van der Waals surface area contributed by atoms with Gasteiger partial charge in [-0.05, 0) is 30.7 Å². The number of allylic oxidation sites excluding steroid dienone is 1. The molecule has 18 heavy (non-hydrogen) atoms. The van der Waals surface area contributed by atoms with Crippen LogP contribution >= 0.6 is 11.3 Å². The Kier molecular flexibility index (Phi) is 3.49. The molecule has 0 saturated carbocycles. The van der Waals surface area contributed by atoms with Crippen LogP contribution in [-0.2, 0) is 0 Å². The molecule has 1 heterocycles. The van der Waals surface area contributed by atoms with E-state index in [9.17, 15) is 8.78 Å². The highest BCUT2D eigenvalue weighted by molar-refractivity contribution is 7.11. The summed E-state index contributed by atoms with van der Waals surface area (Å²) in [5.41, 5.74) is 1.58. The van der Waals surface area contributed by atoms with Crippen LogP contribution in [0.1, 0.15) is 16.3 Å². The van der Waals surface area contributed by atoms with Crippen molar-refractivity contribution in [3.8, 4) is 6.07 Å². The molecule has 0 saturated heterocycles. The molecule has 90 valence electrons. The van der Waals surface area contributed by atoms with Gasteiger partial charge in [0.15, 0.2) is 11.6 Å². The molecule has 0 spiro atoms. The first-order valence-corrected chi connectivity index (χ1v) is 5.97. The number of hydrogen-bond donors (Lipinski definition) is 0. The SMILES string of the molecule is Cc1csc(/C(C#N)=C\c2ccc(F)c(F)c2)n1. The Bertz CT molecular complexity index is 653. The van der Waals surface area contributed by atoms with Crippen molar-refractivity contribution in [2.45, 2.75) is 6.92 Å². The molecule has 0 amide bonds. The first kappa shape index (κ1) is 12.4. The Morgan fingerprint density at radius 3 is 2.72 bits per heavy atom. The fourth-order valence-electron chi connectivity index (χ4n) is 1.39. The van der Waals surface area contributed by atoms with Crippen LogP contribution in [0, 0.1) is 29.9 Å². The number of aryl methyl sites for hydroxylation is 1. The van der Waals surface area contributed by atoms with E-state index in [1.807, 2.05) is 18.4 Å². The van der Waals surface area contributed by atoms with Crippen LogP contribution in [0.15, 0.2) is 23.6 Å². The van der Waals surface area contributed by atoms with Gasteiger partial charge in [-0.15, -0.1) is 11.3 Å². The Labute approximate surface area is 107 Å². The lowest BCUT2D eigenvalue weighted by molar-refractivity contribution is 0.508. The average molecular weight is 262 g/mol. The topological polar surface area (TPSA) is 36.7 Å². The van der Waals surface area contributed by atoms with Crippen LogP contribution in [0.3, 0.4) is 0 Å². The van der Waals surface area contributed by atoms with Crippen LogP contribution in [0.2, 0.25) is 0 Å².